The summed E-state index contributed by atoms with van der Waals surface area (Å²) in [6, 6.07) is 14.1. The second-order valence-corrected chi connectivity index (χ2v) is 7.36. The van der Waals surface area contributed by atoms with Gasteiger partial charge in [-0.1, -0.05) is 36.7 Å². The van der Waals surface area contributed by atoms with Crippen molar-refractivity contribution in [2.75, 3.05) is 12.4 Å². The van der Waals surface area contributed by atoms with Gasteiger partial charge < -0.3 is 19.7 Å². The molecule has 0 spiro atoms. The van der Waals surface area contributed by atoms with Crippen LogP contribution in [0.25, 0.3) is 5.69 Å². The number of nitrogens with zero attached hydrogens (tertiary/aromatic N) is 2. The minimum atomic E-state index is -0.590. The first-order valence-electron chi connectivity index (χ1n) is 8.49. The number of carbonyl (C=O) groups excluding carboxylic acids is 1. The molecule has 1 aromatic heterocycles. The topological polar surface area (TPSA) is 91.3 Å². The average molecular weight is 420 g/mol. The van der Waals surface area contributed by atoms with Gasteiger partial charge in [-0.25, -0.2) is 0 Å². The number of halogens is 1. The zero-order valence-corrected chi connectivity index (χ0v) is 16.8. The van der Waals surface area contributed by atoms with Crippen molar-refractivity contribution in [3.63, 3.8) is 0 Å². The summed E-state index contributed by atoms with van der Waals surface area (Å²) < 4.78 is 11.3. The van der Waals surface area contributed by atoms with Crippen LogP contribution in [0, 0.1) is 0 Å². The molecule has 28 heavy (non-hydrogen) atoms. The second-order valence-electron chi connectivity index (χ2n) is 5.77. The first kappa shape index (κ1) is 20.0. The van der Waals surface area contributed by atoms with E-state index in [4.69, 9.17) is 20.9 Å². The number of rotatable bonds is 7. The van der Waals surface area contributed by atoms with Gasteiger partial charge in [0.25, 0.3) is 5.03 Å². The zero-order chi connectivity index (χ0) is 20.1. The van der Waals surface area contributed by atoms with Crippen molar-refractivity contribution in [1.82, 2.24) is 5.27 Å². The summed E-state index contributed by atoms with van der Waals surface area (Å²) >= 11 is 7.21. The standard InChI is InChI=1S/C19H18ClN3O4S/c1-3-16(17(24)21-12-9-10-15(26-2)14(20)11-12)28-18-19(25)27-22-23(18)13-7-5-4-6-8-13/h4-11,16H,3H2,1-2H3,(H-,21,22,24,25). The molecule has 0 bridgehead atoms. The summed E-state index contributed by atoms with van der Waals surface area (Å²) in [5.74, 6) is -0.327. The number of thioether (sulfide) groups is 1. The lowest BCUT2D eigenvalue weighted by Gasteiger charge is -2.14. The van der Waals surface area contributed by atoms with Crippen molar-refractivity contribution in [2.45, 2.75) is 23.6 Å². The molecule has 1 atom stereocenters. The quantitative estimate of drug-likeness (QED) is 0.467. The van der Waals surface area contributed by atoms with Crippen molar-refractivity contribution in [3.05, 3.63) is 53.6 Å². The molecule has 1 unspecified atom stereocenters. The Morgan fingerprint density at radius 2 is 2.11 bits per heavy atom. The minimum Gasteiger partial charge on any atom is -0.538 e. The molecule has 3 aromatic rings. The average Bonchev–Trinajstić information content (AvgIpc) is 3.07. The highest BCUT2D eigenvalue weighted by atomic mass is 35.5. The van der Waals surface area contributed by atoms with Crippen LogP contribution in [0.4, 0.5) is 5.69 Å². The number of ether oxygens (including phenoxy) is 1. The SMILES string of the molecule is CCC(Sc1c([O-])on[n+]1-c1ccccc1)C(=O)Nc1ccc(OC)c(Cl)c1. The molecule has 1 amide bonds. The van der Waals surface area contributed by atoms with Crippen LogP contribution in [0.5, 0.6) is 11.7 Å². The molecule has 0 saturated heterocycles. The smallest absolute Gasteiger partial charge is 0.298 e. The van der Waals surface area contributed by atoms with Gasteiger partial charge in [0.1, 0.15) is 5.75 Å². The largest absolute Gasteiger partial charge is 0.538 e. The number of hydrogen-bond acceptors (Lipinski definition) is 6. The highest BCUT2D eigenvalue weighted by Gasteiger charge is 2.28. The molecule has 2 aromatic carbocycles. The summed E-state index contributed by atoms with van der Waals surface area (Å²) in [6.07, 6.45) is 0.500. The number of aromatic nitrogens is 2. The molecule has 0 fully saturated rings. The molecule has 0 aliphatic heterocycles. The van der Waals surface area contributed by atoms with E-state index in [-0.39, 0.29) is 10.9 Å². The molecule has 3 rings (SSSR count). The van der Waals surface area contributed by atoms with Crippen molar-refractivity contribution >= 4 is 35.0 Å². The lowest BCUT2D eigenvalue weighted by molar-refractivity contribution is -0.705. The fourth-order valence-corrected chi connectivity index (χ4v) is 3.73. The van der Waals surface area contributed by atoms with E-state index < -0.39 is 11.2 Å². The Labute approximate surface area is 171 Å². The molecule has 0 aliphatic carbocycles. The number of anilines is 1. The molecular formula is C19H18ClN3O4S. The predicted molar refractivity (Wildman–Crippen MR) is 104 cm³/mol. The number of carbonyl (C=O) groups is 1. The monoisotopic (exact) mass is 419 g/mol. The van der Waals surface area contributed by atoms with Gasteiger partial charge >= 0.3 is 0 Å². The maximum atomic E-state index is 12.7. The second kappa shape index (κ2) is 8.99. The van der Waals surface area contributed by atoms with Crippen LogP contribution < -0.4 is 19.8 Å². The molecule has 0 radical (unpaired) electrons. The first-order chi connectivity index (χ1) is 13.5. The number of amides is 1. The Hall–Kier alpha value is -2.71. The Morgan fingerprint density at radius 1 is 1.36 bits per heavy atom. The van der Waals surface area contributed by atoms with E-state index >= 15 is 0 Å². The number of hydrogen-bond donors (Lipinski definition) is 1. The van der Waals surface area contributed by atoms with Crippen LogP contribution in [0.1, 0.15) is 13.3 Å². The molecule has 9 heteroatoms. The molecule has 0 saturated carbocycles. The summed E-state index contributed by atoms with van der Waals surface area (Å²) in [7, 11) is 1.52. The predicted octanol–water partition coefficient (Wildman–Crippen LogP) is 3.20. The fraction of sp³-hybridized carbons (Fsp3) is 0.211. The number of nitrogens with one attached hydrogen (secondary N) is 1. The number of para-hydroxylation sites is 1. The van der Waals surface area contributed by atoms with Crippen LogP contribution in [0.2, 0.25) is 5.02 Å². The highest BCUT2D eigenvalue weighted by Crippen LogP contribution is 2.31. The van der Waals surface area contributed by atoms with Gasteiger partial charge in [-0.15, -0.1) is 0 Å². The molecule has 1 heterocycles. The number of methoxy groups -OCH3 is 1. The lowest BCUT2D eigenvalue weighted by atomic mass is 10.2. The van der Waals surface area contributed by atoms with Gasteiger partial charge in [0.2, 0.25) is 11.6 Å². The first-order valence-corrected chi connectivity index (χ1v) is 9.74. The van der Waals surface area contributed by atoms with Crippen LogP contribution in [0.3, 0.4) is 0 Å². The van der Waals surface area contributed by atoms with Gasteiger partial charge in [-0.3, -0.25) is 4.79 Å². The van der Waals surface area contributed by atoms with E-state index in [1.807, 2.05) is 25.1 Å². The van der Waals surface area contributed by atoms with Crippen molar-refractivity contribution in [2.24, 2.45) is 0 Å². The van der Waals surface area contributed by atoms with Crippen LogP contribution >= 0.6 is 23.4 Å². The van der Waals surface area contributed by atoms with Crippen LogP contribution in [-0.2, 0) is 4.79 Å². The van der Waals surface area contributed by atoms with E-state index in [0.717, 1.165) is 11.8 Å². The zero-order valence-electron chi connectivity index (χ0n) is 15.2. The summed E-state index contributed by atoms with van der Waals surface area (Å²) in [6.45, 7) is 1.86. The van der Waals surface area contributed by atoms with Gasteiger partial charge in [0.05, 0.1) is 22.7 Å². The van der Waals surface area contributed by atoms with Crippen molar-refractivity contribution in [3.8, 4) is 17.4 Å². The fourth-order valence-electron chi connectivity index (χ4n) is 2.50. The van der Waals surface area contributed by atoms with Crippen molar-refractivity contribution in [1.29, 1.82) is 0 Å². The van der Waals surface area contributed by atoms with Gasteiger partial charge in [-0.05, 0) is 41.1 Å². The van der Waals surface area contributed by atoms with E-state index in [0.29, 0.717) is 28.6 Å². The Kier molecular flexibility index (Phi) is 6.43. The maximum absolute atomic E-state index is 12.7. The molecule has 7 nitrogen and oxygen atoms in total. The van der Waals surface area contributed by atoms with E-state index in [1.165, 1.54) is 11.8 Å². The third kappa shape index (κ3) is 4.40. The summed E-state index contributed by atoms with van der Waals surface area (Å²) in [5, 5.41) is 18.8. The molecular weight excluding hydrogens is 402 g/mol. The van der Waals surface area contributed by atoms with Gasteiger partial charge in [0, 0.05) is 17.8 Å². The highest BCUT2D eigenvalue weighted by molar-refractivity contribution is 8.00. The Morgan fingerprint density at radius 3 is 2.75 bits per heavy atom. The molecule has 1 N–H and O–H groups in total. The van der Waals surface area contributed by atoms with E-state index in [1.54, 1.807) is 30.3 Å². The Balaban J connectivity index is 1.78. The summed E-state index contributed by atoms with van der Waals surface area (Å²) in [5.41, 5.74) is 1.21. The van der Waals surface area contributed by atoms with Gasteiger partial charge in [0.15, 0.2) is 5.95 Å². The maximum Gasteiger partial charge on any atom is 0.298 e. The van der Waals surface area contributed by atoms with Crippen molar-refractivity contribution < 1.29 is 23.8 Å². The Bertz CT molecular complexity index is 965. The van der Waals surface area contributed by atoms with Crippen LogP contribution in [-0.4, -0.2) is 23.5 Å². The normalized spacial score (nSPS) is 11.8. The minimum absolute atomic E-state index is 0.237. The lowest BCUT2D eigenvalue weighted by Crippen LogP contribution is -2.36. The molecule has 0 aliphatic rings. The van der Waals surface area contributed by atoms with Crippen LogP contribution in [0.15, 0.2) is 58.1 Å². The number of benzene rings is 2. The third-order valence-electron chi connectivity index (χ3n) is 3.91. The van der Waals surface area contributed by atoms with E-state index in [2.05, 4.69) is 10.6 Å². The van der Waals surface area contributed by atoms with E-state index in [9.17, 15) is 9.90 Å². The third-order valence-corrected chi connectivity index (χ3v) is 5.60. The van der Waals surface area contributed by atoms with Gasteiger partial charge in [-0.2, -0.15) is 0 Å². The molecule has 146 valence electrons. The summed E-state index contributed by atoms with van der Waals surface area (Å²) in [4.78, 5) is 12.7.